The Hall–Kier alpha value is -1.08. The zero-order valence-corrected chi connectivity index (χ0v) is 10.2. The molecule has 1 aromatic rings. The quantitative estimate of drug-likeness (QED) is 0.899. The first kappa shape index (κ1) is 13.4. The molecule has 0 bridgehead atoms. The van der Waals surface area contributed by atoms with Crippen molar-refractivity contribution in [2.24, 2.45) is 5.73 Å². The van der Waals surface area contributed by atoms with Gasteiger partial charge in [0.25, 0.3) is 0 Å². The summed E-state index contributed by atoms with van der Waals surface area (Å²) in [5.41, 5.74) is 4.79. The minimum atomic E-state index is -4.46. The van der Waals surface area contributed by atoms with E-state index in [2.05, 4.69) is 0 Å². The molecule has 0 aromatic heterocycles. The van der Waals surface area contributed by atoms with E-state index in [-0.39, 0.29) is 22.8 Å². The van der Waals surface area contributed by atoms with Gasteiger partial charge in [0.2, 0.25) is 0 Å². The van der Waals surface area contributed by atoms with Crippen molar-refractivity contribution in [1.82, 2.24) is 0 Å². The lowest BCUT2D eigenvalue weighted by atomic mass is 9.96. The molecule has 3 nitrogen and oxygen atoms in total. The number of hydrogen-bond donors (Lipinski definition) is 1. The summed E-state index contributed by atoms with van der Waals surface area (Å²) in [5.74, 6) is -0.585. The molecule has 7 heteroatoms. The third-order valence-corrected chi connectivity index (χ3v) is 4.93. The van der Waals surface area contributed by atoms with Crippen LogP contribution in [0.5, 0.6) is 0 Å². The second-order valence-corrected chi connectivity index (χ2v) is 6.31. The molecule has 0 amide bonds. The van der Waals surface area contributed by atoms with E-state index in [0.29, 0.717) is 6.42 Å². The Morgan fingerprint density at radius 1 is 1.33 bits per heavy atom. The topological polar surface area (TPSA) is 60.2 Å². The molecule has 0 saturated carbocycles. The molecule has 0 spiro atoms. The predicted octanol–water partition coefficient (Wildman–Crippen LogP) is 1.93. The summed E-state index contributed by atoms with van der Waals surface area (Å²) in [7, 11) is -3.46. The largest absolute Gasteiger partial charge is 0.416 e. The van der Waals surface area contributed by atoms with E-state index in [1.807, 2.05) is 0 Å². The Morgan fingerprint density at radius 2 is 2.00 bits per heavy atom. The van der Waals surface area contributed by atoms with Gasteiger partial charge in [0.1, 0.15) is 0 Å². The Balaban J connectivity index is 2.54. The van der Waals surface area contributed by atoms with Gasteiger partial charge in [0, 0.05) is 5.92 Å². The number of nitrogens with two attached hydrogens (primary N) is 1. The van der Waals surface area contributed by atoms with E-state index in [1.54, 1.807) is 0 Å². The normalized spacial score (nSPS) is 21.9. The maximum absolute atomic E-state index is 12.6. The summed E-state index contributed by atoms with van der Waals surface area (Å²) >= 11 is 0. The van der Waals surface area contributed by atoms with Crippen molar-refractivity contribution in [1.29, 1.82) is 0 Å². The average molecular weight is 279 g/mol. The van der Waals surface area contributed by atoms with Crippen molar-refractivity contribution in [3.05, 3.63) is 29.3 Å². The number of benzene rings is 1. The monoisotopic (exact) mass is 279 g/mol. The Bertz CT molecular complexity index is 566. The minimum absolute atomic E-state index is 0.00829. The molecule has 100 valence electrons. The lowest BCUT2D eigenvalue weighted by Crippen LogP contribution is -2.10. The summed E-state index contributed by atoms with van der Waals surface area (Å²) in [6.45, 7) is 0.246. The van der Waals surface area contributed by atoms with Crippen LogP contribution in [-0.4, -0.2) is 20.7 Å². The summed E-state index contributed by atoms with van der Waals surface area (Å²) in [6, 6.07) is 2.78. The van der Waals surface area contributed by atoms with Crippen molar-refractivity contribution in [2.45, 2.75) is 23.4 Å². The highest BCUT2D eigenvalue weighted by Crippen LogP contribution is 2.40. The molecule has 1 aliphatic rings. The van der Waals surface area contributed by atoms with Gasteiger partial charge in [0.05, 0.1) is 16.2 Å². The molecule has 0 saturated heterocycles. The van der Waals surface area contributed by atoms with Crippen LogP contribution in [0.2, 0.25) is 0 Å². The molecule has 0 aliphatic carbocycles. The molecule has 0 fully saturated rings. The van der Waals surface area contributed by atoms with Crippen molar-refractivity contribution in [3.63, 3.8) is 0 Å². The fourth-order valence-corrected chi connectivity index (χ4v) is 4.13. The molecular weight excluding hydrogens is 267 g/mol. The molecule has 0 radical (unpaired) electrons. The predicted molar refractivity (Wildman–Crippen MR) is 59.9 cm³/mol. The highest BCUT2D eigenvalue weighted by molar-refractivity contribution is 7.91. The highest BCUT2D eigenvalue weighted by Gasteiger charge is 2.38. The van der Waals surface area contributed by atoms with Gasteiger partial charge in [-0.2, -0.15) is 13.2 Å². The van der Waals surface area contributed by atoms with Crippen molar-refractivity contribution >= 4 is 9.84 Å². The van der Waals surface area contributed by atoms with E-state index in [9.17, 15) is 21.6 Å². The molecule has 1 aliphatic heterocycles. The van der Waals surface area contributed by atoms with E-state index < -0.39 is 27.5 Å². The van der Waals surface area contributed by atoms with Crippen molar-refractivity contribution in [3.8, 4) is 0 Å². The second kappa shape index (κ2) is 4.24. The number of sulfone groups is 1. The Kier molecular flexibility index (Phi) is 3.14. The van der Waals surface area contributed by atoms with Crippen LogP contribution in [0.4, 0.5) is 13.2 Å². The molecule has 1 atom stereocenters. The Morgan fingerprint density at radius 3 is 2.56 bits per heavy atom. The smallest absolute Gasteiger partial charge is 0.330 e. The van der Waals surface area contributed by atoms with E-state index >= 15 is 0 Å². The maximum atomic E-state index is 12.6. The molecule has 1 unspecified atom stereocenters. The highest BCUT2D eigenvalue weighted by atomic mass is 32.2. The molecule has 1 aromatic carbocycles. The molecule has 2 rings (SSSR count). The molecular formula is C11H12F3NO2S. The van der Waals surface area contributed by atoms with Gasteiger partial charge < -0.3 is 5.73 Å². The Labute approximate surface area is 103 Å². The number of rotatable bonds is 2. The van der Waals surface area contributed by atoms with Crippen LogP contribution >= 0.6 is 0 Å². The zero-order chi connectivity index (χ0) is 13.6. The van der Waals surface area contributed by atoms with Crippen LogP contribution in [0.1, 0.15) is 23.5 Å². The van der Waals surface area contributed by atoms with Crippen LogP contribution in [-0.2, 0) is 16.0 Å². The summed E-state index contributed by atoms with van der Waals surface area (Å²) in [5, 5.41) is 0. The fourth-order valence-electron chi connectivity index (χ4n) is 2.21. The number of hydrogen-bond acceptors (Lipinski definition) is 3. The summed E-state index contributed by atoms with van der Waals surface area (Å²) in [6.07, 6.45) is -4.10. The number of alkyl halides is 3. The SMILES string of the molecule is NCCC1CS(=O)(=O)c2ccc(C(F)(F)F)cc21. The van der Waals surface area contributed by atoms with E-state index in [4.69, 9.17) is 5.73 Å². The molecule has 2 N–H and O–H groups in total. The van der Waals surface area contributed by atoms with Gasteiger partial charge in [-0.15, -0.1) is 0 Å². The first-order valence-corrected chi connectivity index (χ1v) is 7.05. The van der Waals surface area contributed by atoms with E-state index in [0.717, 1.165) is 18.2 Å². The van der Waals surface area contributed by atoms with Gasteiger partial charge in [-0.1, -0.05) is 0 Å². The van der Waals surface area contributed by atoms with Gasteiger partial charge in [-0.05, 0) is 36.7 Å². The van der Waals surface area contributed by atoms with Gasteiger partial charge in [0.15, 0.2) is 9.84 Å². The van der Waals surface area contributed by atoms with Crippen LogP contribution in [0.3, 0.4) is 0 Å². The lowest BCUT2D eigenvalue weighted by molar-refractivity contribution is -0.137. The second-order valence-electron chi connectivity index (χ2n) is 4.31. The van der Waals surface area contributed by atoms with Crippen LogP contribution in [0.25, 0.3) is 0 Å². The zero-order valence-electron chi connectivity index (χ0n) is 9.37. The maximum Gasteiger partial charge on any atom is 0.416 e. The van der Waals surface area contributed by atoms with Gasteiger partial charge in [-0.3, -0.25) is 0 Å². The van der Waals surface area contributed by atoms with Gasteiger partial charge in [-0.25, -0.2) is 8.42 Å². The third kappa shape index (κ3) is 2.24. The summed E-state index contributed by atoms with van der Waals surface area (Å²) < 4.78 is 61.3. The van der Waals surface area contributed by atoms with Crippen LogP contribution in [0.15, 0.2) is 23.1 Å². The van der Waals surface area contributed by atoms with Crippen LogP contribution < -0.4 is 5.73 Å². The minimum Gasteiger partial charge on any atom is -0.330 e. The van der Waals surface area contributed by atoms with E-state index in [1.165, 1.54) is 0 Å². The fraction of sp³-hybridized carbons (Fsp3) is 0.455. The summed E-state index contributed by atoms with van der Waals surface area (Å²) in [4.78, 5) is 0.00829. The third-order valence-electron chi connectivity index (χ3n) is 3.05. The standard InChI is InChI=1S/C11H12F3NO2S/c12-11(13,14)8-1-2-10-9(5-8)7(3-4-15)6-18(10,16)17/h1-2,5,7H,3-4,6,15H2. The lowest BCUT2D eigenvalue weighted by Gasteiger charge is -2.11. The van der Waals surface area contributed by atoms with Gasteiger partial charge >= 0.3 is 6.18 Å². The number of halogens is 3. The first-order chi connectivity index (χ1) is 8.25. The number of fused-ring (bicyclic) bond motifs is 1. The molecule has 1 heterocycles. The first-order valence-electron chi connectivity index (χ1n) is 5.39. The van der Waals surface area contributed by atoms with Crippen molar-refractivity contribution < 1.29 is 21.6 Å². The van der Waals surface area contributed by atoms with Crippen LogP contribution in [0, 0.1) is 0 Å². The molecule has 18 heavy (non-hydrogen) atoms. The van der Waals surface area contributed by atoms with Crippen molar-refractivity contribution in [2.75, 3.05) is 12.3 Å². The average Bonchev–Trinajstić information content (AvgIpc) is 2.50.